The van der Waals surface area contributed by atoms with Crippen LogP contribution in [-0.4, -0.2) is 35.4 Å². The summed E-state index contributed by atoms with van der Waals surface area (Å²) >= 11 is 0. The lowest BCUT2D eigenvalue weighted by atomic mass is 9.78. The summed E-state index contributed by atoms with van der Waals surface area (Å²) in [6, 6.07) is 9.33. The van der Waals surface area contributed by atoms with Crippen molar-refractivity contribution < 1.29 is 15.0 Å². The fourth-order valence-corrected chi connectivity index (χ4v) is 2.91. The van der Waals surface area contributed by atoms with Crippen LogP contribution in [0.25, 0.3) is 0 Å². The lowest BCUT2D eigenvalue weighted by Gasteiger charge is -2.38. The third-order valence-corrected chi connectivity index (χ3v) is 4.21. The van der Waals surface area contributed by atoms with Crippen molar-refractivity contribution in [2.45, 2.75) is 31.3 Å². The Balaban J connectivity index is 2.00. The molecule has 1 fully saturated rings. The minimum Gasteiger partial charge on any atom is -0.481 e. The number of benzene rings is 1. The molecule has 5 nitrogen and oxygen atoms in total. The summed E-state index contributed by atoms with van der Waals surface area (Å²) < 4.78 is 0. The topological polar surface area (TPSA) is 84.6 Å². The van der Waals surface area contributed by atoms with Crippen LogP contribution in [0, 0.1) is 17.2 Å². The van der Waals surface area contributed by atoms with Gasteiger partial charge in [0.15, 0.2) is 0 Å². The smallest absolute Gasteiger partial charge is 0.306 e. The van der Waals surface area contributed by atoms with E-state index in [1.807, 2.05) is 24.1 Å². The Morgan fingerprint density at radius 1 is 1.48 bits per heavy atom. The number of hydrogen-bond donors (Lipinski definition) is 2. The van der Waals surface area contributed by atoms with Crippen molar-refractivity contribution in [2.75, 3.05) is 18.5 Å². The molecule has 0 atom stereocenters. The lowest BCUT2D eigenvalue weighted by Crippen LogP contribution is -2.45. The molecule has 1 aromatic rings. The SMILES string of the molecule is CN(CC1(O)CCC(C(=O)O)CC1)c1cccc(C#N)c1. The number of carboxylic acid groups (broad SMARTS) is 1. The predicted molar refractivity (Wildman–Crippen MR) is 79.0 cm³/mol. The van der Waals surface area contributed by atoms with Gasteiger partial charge in [-0.2, -0.15) is 5.26 Å². The summed E-state index contributed by atoms with van der Waals surface area (Å²) in [5.74, 6) is -1.11. The molecule has 0 aliphatic heterocycles. The zero-order valence-electron chi connectivity index (χ0n) is 12.1. The molecule has 112 valence electrons. The minimum absolute atomic E-state index is 0.336. The van der Waals surface area contributed by atoms with Crippen molar-refractivity contribution in [2.24, 2.45) is 5.92 Å². The van der Waals surface area contributed by atoms with Gasteiger partial charge in [0, 0.05) is 19.3 Å². The van der Waals surface area contributed by atoms with Gasteiger partial charge < -0.3 is 15.1 Å². The van der Waals surface area contributed by atoms with E-state index in [9.17, 15) is 9.90 Å². The number of likely N-dealkylation sites (N-methyl/N-ethyl adjacent to an activating group) is 1. The first-order valence-corrected chi connectivity index (χ1v) is 7.10. The molecule has 0 heterocycles. The normalized spacial score (nSPS) is 25.1. The Morgan fingerprint density at radius 3 is 2.71 bits per heavy atom. The van der Waals surface area contributed by atoms with Crippen LogP contribution in [0.5, 0.6) is 0 Å². The molecule has 1 saturated carbocycles. The van der Waals surface area contributed by atoms with Gasteiger partial charge in [-0.15, -0.1) is 0 Å². The first-order valence-electron chi connectivity index (χ1n) is 7.10. The second-order valence-electron chi connectivity index (χ2n) is 5.86. The molecule has 0 amide bonds. The Hall–Kier alpha value is -2.06. The average molecular weight is 288 g/mol. The number of rotatable bonds is 4. The van der Waals surface area contributed by atoms with Crippen LogP contribution in [0.1, 0.15) is 31.2 Å². The number of carboxylic acids is 1. The highest BCUT2D eigenvalue weighted by Gasteiger charge is 2.36. The van der Waals surface area contributed by atoms with E-state index in [1.165, 1.54) is 0 Å². The van der Waals surface area contributed by atoms with Gasteiger partial charge in [-0.3, -0.25) is 4.79 Å². The summed E-state index contributed by atoms with van der Waals surface area (Å²) in [6.45, 7) is 0.439. The molecular formula is C16H20N2O3. The van der Waals surface area contributed by atoms with E-state index in [4.69, 9.17) is 10.4 Å². The quantitative estimate of drug-likeness (QED) is 0.885. The fourth-order valence-electron chi connectivity index (χ4n) is 2.91. The van der Waals surface area contributed by atoms with Crippen LogP contribution >= 0.6 is 0 Å². The molecule has 1 aliphatic rings. The lowest BCUT2D eigenvalue weighted by molar-refractivity contribution is -0.144. The van der Waals surface area contributed by atoms with E-state index in [-0.39, 0.29) is 5.92 Å². The number of anilines is 1. The van der Waals surface area contributed by atoms with Gasteiger partial charge in [-0.05, 0) is 43.9 Å². The van der Waals surface area contributed by atoms with E-state index >= 15 is 0 Å². The highest BCUT2D eigenvalue weighted by Crippen LogP contribution is 2.33. The third-order valence-electron chi connectivity index (χ3n) is 4.21. The second kappa shape index (κ2) is 6.15. The van der Waals surface area contributed by atoms with Crippen LogP contribution in [-0.2, 0) is 4.79 Å². The van der Waals surface area contributed by atoms with Crippen molar-refractivity contribution in [3.63, 3.8) is 0 Å². The van der Waals surface area contributed by atoms with Crippen LogP contribution in [0.3, 0.4) is 0 Å². The molecule has 0 spiro atoms. The monoisotopic (exact) mass is 288 g/mol. The molecule has 0 aromatic heterocycles. The van der Waals surface area contributed by atoms with Crippen LogP contribution in [0.4, 0.5) is 5.69 Å². The molecule has 2 rings (SSSR count). The highest BCUT2D eigenvalue weighted by molar-refractivity contribution is 5.70. The standard InChI is InChI=1S/C16H20N2O3/c1-18(14-4-2-3-12(9-14)10-17)11-16(21)7-5-13(6-8-16)15(19)20/h2-4,9,13,21H,5-8,11H2,1H3,(H,19,20). The van der Waals surface area contributed by atoms with Crippen molar-refractivity contribution >= 4 is 11.7 Å². The van der Waals surface area contributed by atoms with Crippen molar-refractivity contribution in [3.8, 4) is 6.07 Å². The summed E-state index contributed by atoms with van der Waals surface area (Å²) in [4.78, 5) is 12.9. The zero-order valence-corrected chi connectivity index (χ0v) is 12.1. The predicted octanol–water partition coefficient (Wildman–Crippen LogP) is 2.00. The third kappa shape index (κ3) is 3.73. The molecule has 5 heteroatoms. The highest BCUT2D eigenvalue weighted by atomic mass is 16.4. The van der Waals surface area contributed by atoms with Gasteiger partial charge in [0.1, 0.15) is 0 Å². The molecule has 0 saturated heterocycles. The average Bonchev–Trinajstić information content (AvgIpc) is 2.47. The van der Waals surface area contributed by atoms with Crippen LogP contribution < -0.4 is 4.90 Å². The maximum absolute atomic E-state index is 11.0. The Bertz CT molecular complexity index is 557. The molecule has 2 N–H and O–H groups in total. The van der Waals surface area contributed by atoms with Gasteiger partial charge >= 0.3 is 5.97 Å². The number of nitrogens with zero attached hydrogens (tertiary/aromatic N) is 2. The van der Waals surface area contributed by atoms with Crippen molar-refractivity contribution in [1.82, 2.24) is 0 Å². The summed E-state index contributed by atoms with van der Waals surface area (Å²) in [7, 11) is 1.87. The zero-order chi connectivity index (χ0) is 15.5. The number of aliphatic hydroxyl groups is 1. The molecule has 0 radical (unpaired) electrons. The Morgan fingerprint density at radius 2 is 2.14 bits per heavy atom. The van der Waals surface area contributed by atoms with E-state index in [0.29, 0.717) is 37.8 Å². The molecule has 0 bridgehead atoms. The molecule has 21 heavy (non-hydrogen) atoms. The number of carbonyl (C=O) groups is 1. The first kappa shape index (κ1) is 15.3. The molecular weight excluding hydrogens is 268 g/mol. The van der Waals surface area contributed by atoms with Gasteiger partial charge in [-0.25, -0.2) is 0 Å². The van der Waals surface area contributed by atoms with Crippen LogP contribution in [0.2, 0.25) is 0 Å². The minimum atomic E-state index is -0.858. The summed E-state index contributed by atoms with van der Waals surface area (Å²) in [5, 5.41) is 28.6. The largest absolute Gasteiger partial charge is 0.481 e. The van der Waals surface area contributed by atoms with E-state index < -0.39 is 11.6 Å². The second-order valence-corrected chi connectivity index (χ2v) is 5.86. The number of aliphatic carboxylic acids is 1. The van der Waals surface area contributed by atoms with E-state index in [1.54, 1.807) is 12.1 Å². The van der Waals surface area contributed by atoms with E-state index in [0.717, 1.165) is 5.69 Å². The number of nitriles is 1. The molecule has 0 unspecified atom stereocenters. The fraction of sp³-hybridized carbons (Fsp3) is 0.500. The van der Waals surface area contributed by atoms with Gasteiger partial charge in [0.2, 0.25) is 0 Å². The van der Waals surface area contributed by atoms with Gasteiger partial charge in [-0.1, -0.05) is 6.07 Å². The van der Waals surface area contributed by atoms with Gasteiger partial charge in [0.25, 0.3) is 0 Å². The molecule has 1 aliphatic carbocycles. The van der Waals surface area contributed by atoms with Crippen molar-refractivity contribution in [3.05, 3.63) is 29.8 Å². The Kier molecular flexibility index (Phi) is 4.49. The summed E-state index contributed by atoms with van der Waals surface area (Å²) in [6.07, 6.45) is 2.01. The first-order chi connectivity index (χ1) is 9.93. The number of hydrogen-bond acceptors (Lipinski definition) is 4. The summed E-state index contributed by atoms with van der Waals surface area (Å²) in [5.41, 5.74) is 0.604. The maximum Gasteiger partial charge on any atom is 0.306 e. The molecule has 1 aromatic carbocycles. The van der Waals surface area contributed by atoms with Crippen LogP contribution in [0.15, 0.2) is 24.3 Å². The van der Waals surface area contributed by atoms with Crippen molar-refractivity contribution in [1.29, 1.82) is 5.26 Å². The van der Waals surface area contributed by atoms with Gasteiger partial charge in [0.05, 0.1) is 23.2 Å². The maximum atomic E-state index is 11.0. The Labute approximate surface area is 124 Å². The van der Waals surface area contributed by atoms with E-state index in [2.05, 4.69) is 6.07 Å².